The van der Waals surface area contributed by atoms with E-state index in [9.17, 15) is 4.79 Å². The molecule has 1 N–H and O–H groups in total. The van der Waals surface area contributed by atoms with Gasteiger partial charge in [-0.1, -0.05) is 31.2 Å². The Morgan fingerprint density at radius 3 is 2.77 bits per heavy atom. The topological polar surface area (TPSA) is 42.0 Å². The van der Waals surface area contributed by atoms with Gasteiger partial charge < -0.3 is 5.32 Å². The molecule has 1 amide bonds. The molecule has 22 heavy (non-hydrogen) atoms. The fourth-order valence-corrected chi connectivity index (χ4v) is 3.48. The van der Waals surface area contributed by atoms with Crippen LogP contribution < -0.4 is 5.32 Å². The molecule has 3 nitrogen and oxygen atoms in total. The number of rotatable bonds is 4. The number of nitrogens with zero attached hydrogens (tertiary/aromatic N) is 1. The number of carbonyl (C=O) groups is 1. The van der Waals surface area contributed by atoms with Gasteiger partial charge in [-0.15, -0.1) is 11.3 Å². The number of anilines is 1. The molecular formula is C18H18N2OS. The zero-order chi connectivity index (χ0) is 15.5. The number of fused-ring (bicyclic) bond motifs is 1. The van der Waals surface area contributed by atoms with E-state index in [1.165, 1.54) is 4.70 Å². The van der Waals surface area contributed by atoms with Crippen molar-refractivity contribution in [2.45, 2.75) is 26.7 Å². The highest BCUT2D eigenvalue weighted by Crippen LogP contribution is 2.34. The Hall–Kier alpha value is -2.20. The lowest BCUT2D eigenvalue weighted by Crippen LogP contribution is -2.11. The van der Waals surface area contributed by atoms with Crippen molar-refractivity contribution in [1.29, 1.82) is 0 Å². The van der Waals surface area contributed by atoms with E-state index in [1.54, 1.807) is 11.3 Å². The normalized spacial score (nSPS) is 10.8. The van der Waals surface area contributed by atoms with Crippen LogP contribution in [0.2, 0.25) is 0 Å². The Morgan fingerprint density at radius 2 is 2.00 bits per heavy atom. The summed E-state index contributed by atoms with van der Waals surface area (Å²) in [6.45, 7) is 4.03. The quantitative estimate of drug-likeness (QED) is 0.736. The van der Waals surface area contributed by atoms with E-state index < -0.39 is 0 Å². The molecule has 3 aromatic rings. The molecule has 0 unspecified atom stereocenters. The number of benzene rings is 2. The molecule has 0 bridgehead atoms. The number of nitrogens with one attached hydrogen (secondary N) is 1. The second kappa shape index (κ2) is 6.28. The zero-order valence-electron chi connectivity index (χ0n) is 12.7. The van der Waals surface area contributed by atoms with Crippen LogP contribution in [0.15, 0.2) is 42.5 Å². The molecule has 0 aliphatic heterocycles. The lowest BCUT2D eigenvalue weighted by Gasteiger charge is -2.10. The van der Waals surface area contributed by atoms with Crippen LogP contribution in [0.4, 0.5) is 5.69 Å². The number of para-hydroxylation sites is 1. The molecule has 3 rings (SSSR count). The van der Waals surface area contributed by atoms with Crippen molar-refractivity contribution < 1.29 is 4.79 Å². The van der Waals surface area contributed by atoms with Crippen molar-refractivity contribution in [3.05, 3.63) is 48.0 Å². The molecule has 0 aliphatic carbocycles. The second-order valence-corrected chi connectivity index (χ2v) is 6.29. The molecule has 0 saturated carbocycles. The van der Waals surface area contributed by atoms with E-state index in [-0.39, 0.29) is 5.91 Å². The number of hydrogen-bond acceptors (Lipinski definition) is 3. The first-order chi connectivity index (χ1) is 10.7. The molecule has 1 heterocycles. The van der Waals surface area contributed by atoms with Gasteiger partial charge in [0, 0.05) is 17.7 Å². The summed E-state index contributed by atoms with van der Waals surface area (Å²) < 4.78 is 1.18. The van der Waals surface area contributed by atoms with Crippen LogP contribution >= 0.6 is 11.3 Å². The monoisotopic (exact) mass is 310 g/mol. The van der Waals surface area contributed by atoms with Gasteiger partial charge in [0.05, 0.1) is 10.2 Å². The van der Waals surface area contributed by atoms with Crippen LogP contribution in [0.5, 0.6) is 0 Å². The van der Waals surface area contributed by atoms with Crippen LogP contribution in [0.3, 0.4) is 0 Å². The first kappa shape index (κ1) is 14.7. The molecule has 2 aromatic carbocycles. The highest BCUT2D eigenvalue weighted by molar-refractivity contribution is 7.21. The first-order valence-electron chi connectivity index (χ1n) is 7.44. The van der Waals surface area contributed by atoms with Crippen LogP contribution in [0, 0.1) is 6.92 Å². The van der Waals surface area contributed by atoms with E-state index in [0.29, 0.717) is 6.42 Å². The minimum Gasteiger partial charge on any atom is -0.326 e. The molecule has 0 radical (unpaired) electrons. The van der Waals surface area contributed by atoms with Crippen molar-refractivity contribution in [2.75, 3.05) is 5.32 Å². The van der Waals surface area contributed by atoms with Crippen LogP contribution in [-0.4, -0.2) is 10.9 Å². The third-order valence-corrected chi connectivity index (χ3v) is 4.68. The van der Waals surface area contributed by atoms with Gasteiger partial charge in [0.15, 0.2) is 0 Å². The Labute approximate surface area is 134 Å². The number of aromatic nitrogens is 1. The van der Waals surface area contributed by atoms with Crippen molar-refractivity contribution in [3.8, 4) is 10.6 Å². The molecule has 1 aromatic heterocycles. The van der Waals surface area contributed by atoms with Gasteiger partial charge in [0.1, 0.15) is 5.01 Å². The third kappa shape index (κ3) is 2.88. The van der Waals surface area contributed by atoms with E-state index in [4.69, 9.17) is 4.98 Å². The Kier molecular flexibility index (Phi) is 4.20. The molecule has 0 spiro atoms. The standard InChI is InChI=1S/C18H18N2OS/c1-3-7-17(21)19-14-10-6-8-13(12(14)2)18-20-15-9-4-5-11-16(15)22-18/h4-6,8-11H,3,7H2,1-2H3,(H,19,21). The van der Waals surface area contributed by atoms with E-state index >= 15 is 0 Å². The number of amides is 1. The largest absolute Gasteiger partial charge is 0.326 e. The summed E-state index contributed by atoms with van der Waals surface area (Å²) in [5.41, 5.74) is 4.03. The van der Waals surface area contributed by atoms with Crippen molar-refractivity contribution >= 4 is 33.1 Å². The highest BCUT2D eigenvalue weighted by Gasteiger charge is 2.12. The highest BCUT2D eigenvalue weighted by atomic mass is 32.1. The van der Waals surface area contributed by atoms with Gasteiger partial charge in [0.25, 0.3) is 0 Å². The van der Waals surface area contributed by atoms with Gasteiger partial charge in [-0.2, -0.15) is 0 Å². The van der Waals surface area contributed by atoms with Gasteiger partial charge >= 0.3 is 0 Å². The van der Waals surface area contributed by atoms with Crippen LogP contribution in [-0.2, 0) is 4.79 Å². The summed E-state index contributed by atoms with van der Waals surface area (Å²) in [7, 11) is 0. The molecule has 0 fully saturated rings. The fraction of sp³-hybridized carbons (Fsp3) is 0.222. The van der Waals surface area contributed by atoms with Crippen molar-refractivity contribution in [2.24, 2.45) is 0 Å². The zero-order valence-corrected chi connectivity index (χ0v) is 13.5. The molecule has 0 saturated heterocycles. The van der Waals surface area contributed by atoms with Gasteiger partial charge in [-0.3, -0.25) is 4.79 Å². The minimum absolute atomic E-state index is 0.0621. The smallest absolute Gasteiger partial charge is 0.224 e. The SMILES string of the molecule is CCCC(=O)Nc1cccc(-c2nc3ccccc3s2)c1C. The lowest BCUT2D eigenvalue weighted by molar-refractivity contribution is -0.116. The minimum atomic E-state index is 0.0621. The van der Waals surface area contributed by atoms with Gasteiger partial charge in [0.2, 0.25) is 5.91 Å². The summed E-state index contributed by atoms with van der Waals surface area (Å²) in [5.74, 6) is 0.0621. The average Bonchev–Trinajstić information content (AvgIpc) is 2.93. The van der Waals surface area contributed by atoms with E-state index in [2.05, 4.69) is 17.4 Å². The first-order valence-corrected chi connectivity index (χ1v) is 8.26. The molecule has 0 atom stereocenters. The maximum absolute atomic E-state index is 11.8. The van der Waals surface area contributed by atoms with Crippen molar-refractivity contribution in [1.82, 2.24) is 4.98 Å². The Bertz CT molecular complexity index is 790. The Morgan fingerprint density at radius 1 is 1.18 bits per heavy atom. The summed E-state index contributed by atoms with van der Waals surface area (Å²) in [5, 5.41) is 3.98. The van der Waals surface area contributed by atoms with Gasteiger partial charge in [-0.25, -0.2) is 4.98 Å². The van der Waals surface area contributed by atoms with Crippen LogP contribution in [0.25, 0.3) is 20.8 Å². The third-order valence-electron chi connectivity index (χ3n) is 3.61. The fourth-order valence-electron chi connectivity index (χ4n) is 2.43. The Balaban J connectivity index is 1.98. The molecule has 112 valence electrons. The van der Waals surface area contributed by atoms with E-state index in [0.717, 1.165) is 33.8 Å². The predicted octanol–water partition coefficient (Wildman–Crippen LogP) is 5.01. The van der Waals surface area contributed by atoms with Crippen LogP contribution in [0.1, 0.15) is 25.3 Å². The van der Waals surface area contributed by atoms with Crippen molar-refractivity contribution in [3.63, 3.8) is 0 Å². The summed E-state index contributed by atoms with van der Waals surface area (Å²) in [6, 6.07) is 14.1. The average molecular weight is 310 g/mol. The maximum atomic E-state index is 11.8. The molecular weight excluding hydrogens is 292 g/mol. The van der Waals surface area contributed by atoms with E-state index in [1.807, 2.05) is 44.2 Å². The predicted molar refractivity (Wildman–Crippen MR) is 93.3 cm³/mol. The maximum Gasteiger partial charge on any atom is 0.224 e. The van der Waals surface area contributed by atoms with Gasteiger partial charge in [-0.05, 0) is 37.1 Å². The second-order valence-electron chi connectivity index (χ2n) is 5.26. The number of carbonyl (C=O) groups excluding carboxylic acids is 1. The summed E-state index contributed by atoms with van der Waals surface area (Å²) >= 11 is 1.68. The lowest BCUT2D eigenvalue weighted by atomic mass is 10.1. The summed E-state index contributed by atoms with van der Waals surface area (Å²) in [4.78, 5) is 16.5. The molecule has 0 aliphatic rings. The summed E-state index contributed by atoms with van der Waals surface area (Å²) in [6.07, 6.45) is 1.40. The number of hydrogen-bond donors (Lipinski definition) is 1. The molecule has 4 heteroatoms. The number of thiazole rings is 1.